The lowest BCUT2D eigenvalue weighted by atomic mass is 10.4. The number of hydrogen-bond acceptors (Lipinski definition) is 1. The third kappa shape index (κ3) is 6.51. The molecule has 62 valence electrons. The summed E-state index contributed by atoms with van der Waals surface area (Å²) in [6, 6.07) is 3.77. The molecule has 0 spiro atoms. The van der Waals surface area contributed by atoms with Crippen molar-refractivity contribution in [3.63, 3.8) is 0 Å². The van der Waals surface area contributed by atoms with Crippen LogP contribution in [0.25, 0.3) is 0 Å². The Morgan fingerprint density at radius 1 is 1.50 bits per heavy atom. The average Bonchev–Trinajstić information content (AvgIpc) is 1.82. The molecular formula is C7H21NSi2. The molecule has 1 unspecified atom stereocenters. The lowest BCUT2D eigenvalue weighted by Gasteiger charge is -2.14. The van der Waals surface area contributed by atoms with Gasteiger partial charge in [-0.25, -0.2) is 0 Å². The molecule has 0 radical (unpaired) electrons. The molecule has 0 aromatic heterocycles. The lowest BCUT2D eigenvalue weighted by Crippen LogP contribution is -2.36. The van der Waals surface area contributed by atoms with E-state index in [1.165, 1.54) is 6.04 Å². The van der Waals surface area contributed by atoms with Crippen molar-refractivity contribution in [2.75, 3.05) is 0 Å². The molecule has 0 aromatic carbocycles. The van der Waals surface area contributed by atoms with Crippen LogP contribution in [0.5, 0.6) is 0 Å². The second kappa shape index (κ2) is 6.13. The SMILES string of the molecule is C[SiH2]CC[SiH](C)NC(C)C. The van der Waals surface area contributed by atoms with E-state index in [4.69, 9.17) is 0 Å². The van der Waals surface area contributed by atoms with Gasteiger partial charge in [0.15, 0.2) is 0 Å². The summed E-state index contributed by atoms with van der Waals surface area (Å²) in [4.78, 5) is 3.64. The van der Waals surface area contributed by atoms with Crippen LogP contribution in [-0.4, -0.2) is 24.5 Å². The molecule has 0 fully saturated rings. The first-order valence-electron chi connectivity index (χ1n) is 4.42. The molecule has 0 amide bonds. The van der Waals surface area contributed by atoms with Crippen molar-refractivity contribution in [1.29, 1.82) is 0 Å². The van der Waals surface area contributed by atoms with Crippen molar-refractivity contribution in [1.82, 2.24) is 4.98 Å². The molecular weight excluding hydrogens is 154 g/mol. The predicted octanol–water partition coefficient (Wildman–Crippen LogP) is 0.973. The third-order valence-corrected chi connectivity index (χ3v) is 6.05. The highest BCUT2D eigenvalue weighted by molar-refractivity contribution is 6.56. The van der Waals surface area contributed by atoms with Crippen LogP contribution >= 0.6 is 0 Å². The first-order valence-corrected chi connectivity index (χ1v) is 9.39. The molecule has 0 heterocycles. The summed E-state index contributed by atoms with van der Waals surface area (Å²) in [6.07, 6.45) is 0. The van der Waals surface area contributed by atoms with Gasteiger partial charge < -0.3 is 4.98 Å². The fourth-order valence-corrected chi connectivity index (χ4v) is 6.55. The quantitative estimate of drug-likeness (QED) is 0.614. The minimum absolute atomic E-state index is 0.332. The smallest absolute Gasteiger partial charge is 0.105 e. The summed E-state index contributed by atoms with van der Waals surface area (Å²) >= 11 is 0. The summed E-state index contributed by atoms with van der Waals surface area (Å²) in [7, 11) is -0.161. The fraction of sp³-hybridized carbons (Fsp3) is 1.00. The molecule has 0 aliphatic rings. The molecule has 1 N–H and O–H groups in total. The molecule has 1 nitrogen and oxygen atoms in total. The van der Waals surface area contributed by atoms with Gasteiger partial charge in [0.1, 0.15) is 8.96 Å². The van der Waals surface area contributed by atoms with Gasteiger partial charge in [-0.05, 0) is 6.04 Å². The second-order valence-electron chi connectivity index (χ2n) is 3.36. The Balaban J connectivity index is 3.16. The molecule has 1 atom stereocenters. The molecule has 0 bridgehead atoms. The van der Waals surface area contributed by atoms with Crippen molar-refractivity contribution in [2.24, 2.45) is 0 Å². The third-order valence-electron chi connectivity index (χ3n) is 1.61. The minimum Gasteiger partial charge on any atom is -0.337 e. The van der Waals surface area contributed by atoms with Gasteiger partial charge in [-0.3, -0.25) is 0 Å². The fourth-order valence-electron chi connectivity index (χ4n) is 1.16. The maximum Gasteiger partial charge on any atom is 0.105 e. The van der Waals surface area contributed by atoms with E-state index in [1.807, 2.05) is 0 Å². The minimum atomic E-state index is -0.493. The Bertz CT molecular complexity index is 76.0. The van der Waals surface area contributed by atoms with E-state index in [9.17, 15) is 0 Å². The van der Waals surface area contributed by atoms with Gasteiger partial charge in [-0.1, -0.05) is 39.0 Å². The molecule has 10 heavy (non-hydrogen) atoms. The van der Waals surface area contributed by atoms with Gasteiger partial charge >= 0.3 is 0 Å². The molecule has 0 saturated carbocycles. The van der Waals surface area contributed by atoms with Gasteiger partial charge in [0.25, 0.3) is 0 Å². The van der Waals surface area contributed by atoms with Gasteiger partial charge in [0.05, 0.1) is 0 Å². The van der Waals surface area contributed by atoms with Crippen molar-refractivity contribution in [2.45, 2.75) is 45.1 Å². The number of hydrogen-bond donors (Lipinski definition) is 1. The standard InChI is InChI=1S/C7H21NSi2/c1-7(2)8-10(4)6-5-9-3/h7-8,10H,5-6,9H2,1-4H3. The van der Waals surface area contributed by atoms with Crippen LogP contribution < -0.4 is 4.98 Å². The van der Waals surface area contributed by atoms with Crippen LogP contribution in [0.1, 0.15) is 13.8 Å². The molecule has 0 aromatic rings. The summed E-state index contributed by atoms with van der Waals surface area (Å²) in [5, 5.41) is 0. The number of rotatable bonds is 5. The van der Waals surface area contributed by atoms with Crippen molar-refractivity contribution in [3.05, 3.63) is 0 Å². The Hall–Kier alpha value is 0.394. The van der Waals surface area contributed by atoms with Gasteiger partial charge in [-0.2, -0.15) is 0 Å². The zero-order chi connectivity index (χ0) is 7.98. The Labute approximate surface area is 69.1 Å². The van der Waals surface area contributed by atoms with Crippen LogP contribution in [0.2, 0.25) is 25.2 Å². The van der Waals surface area contributed by atoms with Crippen LogP contribution in [0.3, 0.4) is 0 Å². The Morgan fingerprint density at radius 2 is 2.10 bits per heavy atom. The Kier molecular flexibility index (Phi) is 6.37. The Morgan fingerprint density at radius 3 is 2.50 bits per heavy atom. The lowest BCUT2D eigenvalue weighted by molar-refractivity contribution is 0.741. The highest BCUT2D eigenvalue weighted by Gasteiger charge is 2.03. The molecule has 0 rings (SSSR count). The van der Waals surface area contributed by atoms with E-state index in [2.05, 4.69) is 31.9 Å². The van der Waals surface area contributed by atoms with E-state index in [1.54, 1.807) is 6.04 Å². The van der Waals surface area contributed by atoms with Crippen molar-refractivity contribution in [3.8, 4) is 0 Å². The molecule has 0 aliphatic carbocycles. The average molecular weight is 175 g/mol. The summed E-state index contributed by atoms with van der Waals surface area (Å²) in [6.45, 7) is 9.31. The summed E-state index contributed by atoms with van der Waals surface area (Å²) in [5.74, 6) is 0. The van der Waals surface area contributed by atoms with Crippen LogP contribution in [-0.2, 0) is 0 Å². The predicted molar refractivity (Wildman–Crippen MR) is 55.3 cm³/mol. The zero-order valence-electron chi connectivity index (χ0n) is 7.78. The number of nitrogens with one attached hydrogen (secondary N) is 1. The van der Waals surface area contributed by atoms with E-state index in [0.29, 0.717) is 15.6 Å². The zero-order valence-corrected chi connectivity index (χ0v) is 10.3. The van der Waals surface area contributed by atoms with Crippen LogP contribution in [0.4, 0.5) is 0 Å². The second-order valence-corrected chi connectivity index (χ2v) is 7.78. The van der Waals surface area contributed by atoms with E-state index >= 15 is 0 Å². The highest BCUT2D eigenvalue weighted by Crippen LogP contribution is 1.95. The molecule has 0 saturated heterocycles. The van der Waals surface area contributed by atoms with E-state index in [-0.39, 0.29) is 0 Å². The highest BCUT2D eigenvalue weighted by atomic mass is 28.3. The maximum absolute atomic E-state index is 3.64. The van der Waals surface area contributed by atoms with Gasteiger partial charge in [0, 0.05) is 9.52 Å². The molecule has 0 aliphatic heterocycles. The topological polar surface area (TPSA) is 12.0 Å². The van der Waals surface area contributed by atoms with Crippen molar-refractivity contribution >= 4 is 18.5 Å². The normalized spacial score (nSPS) is 15.3. The first kappa shape index (κ1) is 10.4. The van der Waals surface area contributed by atoms with Crippen LogP contribution in [0, 0.1) is 0 Å². The maximum atomic E-state index is 3.64. The largest absolute Gasteiger partial charge is 0.337 e. The first-order chi connectivity index (χ1) is 4.66. The van der Waals surface area contributed by atoms with Crippen molar-refractivity contribution < 1.29 is 0 Å². The van der Waals surface area contributed by atoms with E-state index < -0.39 is 8.96 Å². The molecule has 3 heteroatoms. The van der Waals surface area contributed by atoms with Gasteiger partial charge in [-0.15, -0.1) is 0 Å². The monoisotopic (exact) mass is 175 g/mol. The van der Waals surface area contributed by atoms with Crippen LogP contribution in [0.15, 0.2) is 0 Å². The summed E-state index contributed by atoms with van der Waals surface area (Å²) in [5.41, 5.74) is 0. The van der Waals surface area contributed by atoms with E-state index in [0.717, 1.165) is 0 Å². The van der Waals surface area contributed by atoms with Gasteiger partial charge in [0.2, 0.25) is 0 Å². The summed E-state index contributed by atoms with van der Waals surface area (Å²) < 4.78 is 0.